The monoisotopic (exact) mass is 439 g/mol. The normalized spacial score (nSPS) is 27.7. The number of rotatable bonds is 5. The van der Waals surface area contributed by atoms with Gasteiger partial charge in [-0.05, 0) is 38.3 Å². The van der Waals surface area contributed by atoms with Crippen molar-refractivity contribution in [3.8, 4) is 0 Å². The van der Waals surface area contributed by atoms with Crippen LogP contribution in [0.1, 0.15) is 45.8 Å². The van der Waals surface area contributed by atoms with E-state index < -0.39 is 35.9 Å². The maximum absolute atomic E-state index is 12.2. The fourth-order valence-electron chi connectivity index (χ4n) is 4.31. The Bertz CT molecular complexity index is 945. The van der Waals surface area contributed by atoms with Crippen molar-refractivity contribution in [3.63, 3.8) is 0 Å². The molecular formula is C19H26ClN5O5. The number of nitrogens with zero attached hydrogens (tertiary/aromatic N) is 4. The Labute approximate surface area is 178 Å². The van der Waals surface area contributed by atoms with Crippen molar-refractivity contribution in [1.82, 2.24) is 19.5 Å². The van der Waals surface area contributed by atoms with Crippen LogP contribution in [0.4, 0.5) is 5.82 Å². The first-order valence-corrected chi connectivity index (χ1v) is 10.4. The van der Waals surface area contributed by atoms with Gasteiger partial charge in [0, 0.05) is 6.04 Å². The molecule has 0 unspecified atom stereocenters. The zero-order chi connectivity index (χ0) is 21.6. The molecule has 30 heavy (non-hydrogen) atoms. The number of anilines is 1. The van der Waals surface area contributed by atoms with Gasteiger partial charge in [0.15, 0.2) is 23.2 Å². The molecule has 10 nitrogen and oxygen atoms in total. The molecule has 3 N–H and O–H groups in total. The van der Waals surface area contributed by atoms with Crippen LogP contribution in [0.25, 0.3) is 11.2 Å². The van der Waals surface area contributed by atoms with Gasteiger partial charge >= 0.3 is 5.97 Å². The molecule has 1 saturated heterocycles. The summed E-state index contributed by atoms with van der Waals surface area (Å²) in [6.45, 7) is 3.19. The highest BCUT2D eigenvalue weighted by Crippen LogP contribution is 2.40. The minimum Gasteiger partial charge on any atom is -0.469 e. The number of halogens is 1. The van der Waals surface area contributed by atoms with E-state index in [-0.39, 0.29) is 5.28 Å². The van der Waals surface area contributed by atoms with E-state index >= 15 is 0 Å². The van der Waals surface area contributed by atoms with E-state index in [2.05, 4.69) is 20.3 Å². The highest BCUT2D eigenvalue weighted by molar-refractivity contribution is 6.28. The van der Waals surface area contributed by atoms with Crippen molar-refractivity contribution in [2.45, 2.75) is 70.1 Å². The molecule has 4 rings (SSSR count). The molecule has 1 aliphatic carbocycles. The molecule has 1 saturated carbocycles. The molecule has 0 spiro atoms. The number of esters is 1. The molecule has 1 aliphatic heterocycles. The summed E-state index contributed by atoms with van der Waals surface area (Å²) in [6.07, 6.45) is 1.25. The zero-order valence-electron chi connectivity index (χ0n) is 17.1. The molecule has 2 aliphatic rings. The van der Waals surface area contributed by atoms with Crippen LogP contribution in [0, 0.1) is 5.41 Å². The number of aliphatic hydroxyl groups excluding tert-OH is 2. The number of aliphatic hydroxyl groups is 2. The lowest BCUT2D eigenvalue weighted by Crippen LogP contribution is -2.45. The number of hydrogen-bond donors (Lipinski definition) is 3. The van der Waals surface area contributed by atoms with Crippen LogP contribution < -0.4 is 5.32 Å². The topological polar surface area (TPSA) is 132 Å². The van der Waals surface area contributed by atoms with Gasteiger partial charge in [0.1, 0.15) is 18.3 Å². The van der Waals surface area contributed by atoms with Crippen LogP contribution in [-0.2, 0) is 14.3 Å². The van der Waals surface area contributed by atoms with Crippen LogP contribution in [0.5, 0.6) is 0 Å². The molecule has 2 aromatic rings. The number of carbonyl (C=O) groups is 1. The number of ether oxygens (including phenoxy) is 2. The first-order chi connectivity index (χ1) is 14.2. The first-order valence-electron chi connectivity index (χ1n) is 10.0. The van der Waals surface area contributed by atoms with Gasteiger partial charge in [-0.25, -0.2) is 4.98 Å². The van der Waals surface area contributed by atoms with E-state index in [0.29, 0.717) is 23.0 Å². The molecule has 3 heterocycles. The smallest absolute Gasteiger partial charge is 0.313 e. The maximum Gasteiger partial charge on any atom is 0.313 e. The average molecular weight is 440 g/mol. The SMILES string of the molecule is COC(=O)C(C)(C)[C@H]1O[C@@H](n2cnc3c(NC4CCCC4)nc(Cl)nc32)[C@H](O)[C@@H]1O. The summed E-state index contributed by atoms with van der Waals surface area (Å²) >= 11 is 6.15. The Morgan fingerprint density at radius 2 is 2.00 bits per heavy atom. The molecule has 0 bridgehead atoms. The lowest BCUT2D eigenvalue weighted by molar-refractivity contribution is -0.165. The Morgan fingerprint density at radius 3 is 2.67 bits per heavy atom. The van der Waals surface area contributed by atoms with Gasteiger partial charge in [-0.15, -0.1) is 0 Å². The predicted octanol–water partition coefficient (Wildman–Crippen LogP) is 1.65. The molecule has 2 fully saturated rings. The van der Waals surface area contributed by atoms with Gasteiger partial charge in [0.2, 0.25) is 5.28 Å². The third-order valence-corrected chi connectivity index (χ3v) is 6.19. The number of methoxy groups -OCH3 is 1. The molecule has 0 aromatic carbocycles. The van der Waals surface area contributed by atoms with Crippen molar-refractivity contribution in [3.05, 3.63) is 11.6 Å². The molecule has 164 valence electrons. The highest BCUT2D eigenvalue weighted by Gasteiger charge is 2.54. The minimum absolute atomic E-state index is 0.0317. The Morgan fingerprint density at radius 1 is 1.30 bits per heavy atom. The predicted molar refractivity (Wildman–Crippen MR) is 108 cm³/mol. The lowest BCUT2D eigenvalue weighted by atomic mass is 9.83. The average Bonchev–Trinajstić information content (AvgIpc) is 3.42. The fraction of sp³-hybridized carbons (Fsp3) is 0.684. The van der Waals surface area contributed by atoms with Gasteiger partial charge in [0.05, 0.1) is 18.9 Å². The Kier molecular flexibility index (Phi) is 5.60. The Balaban J connectivity index is 1.68. The third kappa shape index (κ3) is 3.51. The van der Waals surface area contributed by atoms with E-state index in [4.69, 9.17) is 21.1 Å². The summed E-state index contributed by atoms with van der Waals surface area (Å²) in [5.74, 6) is -0.0292. The van der Waals surface area contributed by atoms with Crippen LogP contribution in [-0.4, -0.2) is 67.2 Å². The van der Waals surface area contributed by atoms with Crippen molar-refractivity contribution in [1.29, 1.82) is 0 Å². The summed E-state index contributed by atoms with van der Waals surface area (Å²) in [6, 6.07) is 0.296. The second-order valence-electron chi connectivity index (χ2n) is 8.43. The number of nitrogens with one attached hydrogen (secondary N) is 1. The van der Waals surface area contributed by atoms with Crippen molar-refractivity contribution in [2.24, 2.45) is 5.41 Å². The van der Waals surface area contributed by atoms with Gasteiger partial charge in [-0.3, -0.25) is 9.36 Å². The van der Waals surface area contributed by atoms with E-state index in [1.165, 1.54) is 18.0 Å². The third-order valence-electron chi connectivity index (χ3n) is 6.03. The molecule has 0 amide bonds. The quantitative estimate of drug-likeness (QED) is 0.469. The first kappa shape index (κ1) is 21.2. The van der Waals surface area contributed by atoms with Crippen LogP contribution in [0.3, 0.4) is 0 Å². The number of imidazole rings is 1. The van der Waals surface area contributed by atoms with E-state index in [1.807, 2.05) is 0 Å². The van der Waals surface area contributed by atoms with Crippen molar-refractivity contribution in [2.75, 3.05) is 12.4 Å². The standard InChI is InChI=1S/C19H26ClN5O5/c1-19(2,17(28)29-3)13-11(26)12(27)16(30-13)25-8-21-10-14(22-9-6-4-5-7-9)23-18(20)24-15(10)25/h8-9,11-13,16,26-27H,4-7H2,1-3H3,(H,22,23,24)/t11-,12+,13-,16+/m0/s1. The van der Waals surface area contributed by atoms with Gasteiger partial charge in [0.25, 0.3) is 0 Å². The summed E-state index contributed by atoms with van der Waals surface area (Å²) in [4.78, 5) is 25.1. The number of aromatic nitrogens is 4. The van der Waals surface area contributed by atoms with E-state index in [1.54, 1.807) is 13.8 Å². The number of hydrogen-bond acceptors (Lipinski definition) is 9. The molecular weight excluding hydrogens is 414 g/mol. The fourth-order valence-corrected chi connectivity index (χ4v) is 4.47. The van der Waals surface area contributed by atoms with E-state index in [0.717, 1.165) is 25.7 Å². The van der Waals surface area contributed by atoms with Gasteiger partial charge < -0.3 is 25.0 Å². The molecule has 0 radical (unpaired) electrons. The largest absolute Gasteiger partial charge is 0.469 e. The lowest BCUT2D eigenvalue weighted by Gasteiger charge is -2.30. The minimum atomic E-state index is -1.31. The van der Waals surface area contributed by atoms with Gasteiger partial charge in [-0.1, -0.05) is 12.8 Å². The molecule has 11 heteroatoms. The summed E-state index contributed by atoms with van der Waals surface area (Å²) in [7, 11) is 1.26. The molecule has 2 aromatic heterocycles. The zero-order valence-corrected chi connectivity index (χ0v) is 17.8. The maximum atomic E-state index is 12.2. The second-order valence-corrected chi connectivity index (χ2v) is 8.77. The van der Waals surface area contributed by atoms with Crippen LogP contribution in [0.2, 0.25) is 5.28 Å². The van der Waals surface area contributed by atoms with Crippen LogP contribution in [0.15, 0.2) is 6.33 Å². The Hall–Kier alpha value is -2.01. The van der Waals surface area contributed by atoms with Crippen molar-refractivity contribution < 1.29 is 24.5 Å². The van der Waals surface area contributed by atoms with Crippen LogP contribution >= 0.6 is 11.6 Å². The highest BCUT2D eigenvalue weighted by atomic mass is 35.5. The number of fused-ring (bicyclic) bond motifs is 1. The van der Waals surface area contributed by atoms with Crippen molar-refractivity contribution >= 4 is 34.6 Å². The van der Waals surface area contributed by atoms with E-state index in [9.17, 15) is 15.0 Å². The number of carbonyl (C=O) groups excluding carboxylic acids is 1. The summed E-state index contributed by atoms with van der Waals surface area (Å²) in [5.41, 5.74) is -0.321. The summed E-state index contributed by atoms with van der Waals surface area (Å²) < 4.78 is 12.3. The molecule has 4 atom stereocenters. The summed E-state index contributed by atoms with van der Waals surface area (Å²) in [5, 5.41) is 24.7. The second kappa shape index (κ2) is 7.92. The van der Waals surface area contributed by atoms with Gasteiger partial charge in [-0.2, -0.15) is 9.97 Å².